The highest BCUT2D eigenvalue weighted by atomic mass is 16.5. The second-order valence-corrected chi connectivity index (χ2v) is 5.03. The maximum atomic E-state index is 12.1. The van der Waals surface area contributed by atoms with E-state index in [1.165, 1.54) is 0 Å². The summed E-state index contributed by atoms with van der Waals surface area (Å²) in [5.41, 5.74) is 0.965. The van der Waals surface area contributed by atoms with Gasteiger partial charge in [-0.2, -0.15) is 0 Å². The number of ether oxygens (including phenoxy) is 1. The molecule has 6 nitrogen and oxygen atoms in total. The van der Waals surface area contributed by atoms with E-state index in [1.807, 2.05) is 12.1 Å². The molecule has 0 saturated carbocycles. The van der Waals surface area contributed by atoms with Gasteiger partial charge in [-0.15, -0.1) is 0 Å². The lowest BCUT2D eigenvalue weighted by molar-refractivity contribution is -0.149. The zero-order valence-corrected chi connectivity index (χ0v) is 12.2. The van der Waals surface area contributed by atoms with E-state index in [9.17, 15) is 9.59 Å². The molecule has 0 spiro atoms. The van der Waals surface area contributed by atoms with E-state index in [1.54, 1.807) is 24.2 Å². The number of carbonyl (C=O) groups is 2. The van der Waals surface area contributed by atoms with Gasteiger partial charge in [0.15, 0.2) is 0 Å². The van der Waals surface area contributed by atoms with Crippen LogP contribution in [0.2, 0.25) is 0 Å². The van der Waals surface area contributed by atoms with Gasteiger partial charge in [0, 0.05) is 32.0 Å². The minimum Gasteiger partial charge on any atom is -0.466 e. The van der Waals surface area contributed by atoms with Crippen LogP contribution >= 0.6 is 0 Å². The third-order valence-electron chi connectivity index (χ3n) is 3.57. The van der Waals surface area contributed by atoms with Crippen molar-refractivity contribution in [2.24, 2.45) is 5.92 Å². The van der Waals surface area contributed by atoms with Crippen LogP contribution in [0.4, 0.5) is 4.79 Å². The molecule has 1 saturated heterocycles. The summed E-state index contributed by atoms with van der Waals surface area (Å²) >= 11 is 0. The second kappa shape index (κ2) is 7.61. The van der Waals surface area contributed by atoms with Gasteiger partial charge < -0.3 is 15.0 Å². The number of carbonyl (C=O) groups excluding carboxylic acids is 2. The Hall–Kier alpha value is -2.11. The van der Waals surface area contributed by atoms with Crippen LogP contribution in [0.3, 0.4) is 0 Å². The zero-order chi connectivity index (χ0) is 15.1. The van der Waals surface area contributed by atoms with Crippen molar-refractivity contribution in [2.45, 2.75) is 26.3 Å². The smallest absolute Gasteiger partial charge is 0.317 e. The van der Waals surface area contributed by atoms with Gasteiger partial charge in [0.1, 0.15) is 0 Å². The predicted octanol–water partition coefficient (Wildman–Crippen LogP) is 1.57. The van der Waals surface area contributed by atoms with Crippen molar-refractivity contribution in [1.82, 2.24) is 15.2 Å². The van der Waals surface area contributed by atoms with E-state index in [-0.39, 0.29) is 17.9 Å². The van der Waals surface area contributed by atoms with Crippen molar-refractivity contribution in [3.63, 3.8) is 0 Å². The van der Waals surface area contributed by atoms with Crippen molar-refractivity contribution in [3.05, 3.63) is 30.1 Å². The molecule has 0 radical (unpaired) electrons. The van der Waals surface area contributed by atoms with Gasteiger partial charge in [0.25, 0.3) is 0 Å². The fraction of sp³-hybridized carbons (Fsp3) is 0.533. The summed E-state index contributed by atoms with van der Waals surface area (Å²) in [5.74, 6) is -0.222. The monoisotopic (exact) mass is 291 g/mol. The summed E-state index contributed by atoms with van der Waals surface area (Å²) in [5, 5.41) is 2.87. The van der Waals surface area contributed by atoms with Crippen LogP contribution in [0.5, 0.6) is 0 Å². The minimum atomic E-state index is -0.145. The Labute approximate surface area is 124 Å². The van der Waals surface area contributed by atoms with E-state index < -0.39 is 0 Å². The molecule has 1 aliphatic heterocycles. The van der Waals surface area contributed by atoms with Crippen LogP contribution in [0.25, 0.3) is 0 Å². The van der Waals surface area contributed by atoms with Crippen molar-refractivity contribution < 1.29 is 14.3 Å². The summed E-state index contributed by atoms with van der Waals surface area (Å²) < 4.78 is 5.02. The Balaban J connectivity index is 1.74. The summed E-state index contributed by atoms with van der Waals surface area (Å²) in [6.07, 6.45) is 4.76. The van der Waals surface area contributed by atoms with Gasteiger partial charge in [-0.05, 0) is 31.4 Å². The number of aromatic nitrogens is 1. The molecular weight excluding hydrogens is 270 g/mol. The molecule has 114 valence electrons. The number of hydrogen-bond acceptors (Lipinski definition) is 4. The van der Waals surface area contributed by atoms with Crippen molar-refractivity contribution in [2.75, 3.05) is 19.7 Å². The van der Waals surface area contributed by atoms with Crippen molar-refractivity contribution in [3.8, 4) is 0 Å². The number of esters is 1. The average Bonchev–Trinajstić information content (AvgIpc) is 2.54. The van der Waals surface area contributed by atoms with Crippen molar-refractivity contribution >= 4 is 12.0 Å². The van der Waals surface area contributed by atoms with Crippen LogP contribution < -0.4 is 5.32 Å². The molecule has 6 heteroatoms. The first-order valence-corrected chi connectivity index (χ1v) is 7.29. The number of rotatable bonds is 4. The van der Waals surface area contributed by atoms with Gasteiger partial charge in [0.05, 0.1) is 12.5 Å². The third kappa shape index (κ3) is 4.44. The van der Waals surface area contributed by atoms with Crippen LogP contribution in [0, 0.1) is 5.92 Å². The van der Waals surface area contributed by atoms with E-state index >= 15 is 0 Å². The maximum absolute atomic E-state index is 12.1. The maximum Gasteiger partial charge on any atom is 0.317 e. The van der Waals surface area contributed by atoms with Gasteiger partial charge in [-0.3, -0.25) is 9.78 Å². The average molecular weight is 291 g/mol. The van der Waals surface area contributed by atoms with E-state index in [0.29, 0.717) is 39.1 Å². The minimum absolute atomic E-state index is 0.0766. The largest absolute Gasteiger partial charge is 0.466 e. The highest BCUT2D eigenvalue weighted by Gasteiger charge is 2.27. The van der Waals surface area contributed by atoms with Crippen LogP contribution in [0.15, 0.2) is 24.5 Å². The van der Waals surface area contributed by atoms with Gasteiger partial charge in [-0.1, -0.05) is 6.07 Å². The Morgan fingerprint density at radius 3 is 2.81 bits per heavy atom. The summed E-state index contributed by atoms with van der Waals surface area (Å²) in [7, 11) is 0. The fourth-order valence-corrected chi connectivity index (χ4v) is 2.37. The number of nitrogens with zero attached hydrogens (tertiary/aromatic N) is 2. The van der Waals surface area contributed by atoms with Crippen LogP contribution in [-0.2, 0) is 16.1 Å². The molecule has 0 unspecified atom stereocenters. The number of urea groups is 1. The number of amides is 2. The molecule has 0 atom stereocenters. The van der Waals surface area contributed by atoms with E-state index in [0.717, 1.165) is 5.56 Å². The van der Waals surface area contributed by atoms with Gasteiger partial charge >= 0.3 is 12.0 Å². The first-order chi connectivity index (χ1) is 10.2. The Bertz CT molecular complexity index is 470. The number of piperidine rings is 1. The molecule has 0 bridgehead atoms. The summed E-state index contributed by atoms with van der Waals surface area (Å²) in [6.45, 7) is 3.85. The quantitative estimate of drug-likeness (QED) is 0.855. The zero-order valence-electron chi connectivity index (χ0n) is 12.2. The summed E-state index contributed by atoms with van der Waals surface area (Å²) in [6, 6.07) is 3.66. The fourth-order valence-electron chi connectivity index (χ4n) is 2.37. The molecule has 1 aliphatic rings. The molecule has 1 aromatic heterocycles. The lowest BCUT2D eigenvalue weighted by Crippen LogP contribution is -2.45. The topological polar surface area (TPSA) is 71.5 Å². The number of pyridine rings is 1. The first kappa shape index (κ1) is 15.3. The van der Waals surface area contributed by atoms with E-state index in [2.05, 4.69) is 10.3 Å². The number of hydrogen-bond donors (Lipinski definition) is 1. The molecule has 2 amide bonds. The van der Waals surface area contributed by atoms with E-state index in [4.69, 9.17) is 4.74 Å². The predicted molar refractivity (Wildman–Crippen MR) is 77.4 cm³/mol. The molecule has 2 rings (SSSR count). The number of nitrogens with one attached hydrogen (secondary N) is 1. The van der Waals surface area contributed by atoms with Crippen LogP contribution in [-0.4, -0.2) is 41.6 Å². The molecule has 21 heavy (non-hydrogen) atoms. The number of likely N-dealkylation sites (tertiary alicyclic amines) is 1. The molecule has 1 aromatic rings. The third-order valence-corrected chi connectivity index (χ3v) is 3.57. The van der Waals surface area contributed by atoms with Gasteiger partial charge in [0.2, 0.25) is 0 Å². The lowest BCUT2D eigenvalue weighted by atomic mass is 9.97. The van der Waals surface area contributed by atoms with Gasteiger partial charge in [-0.25, -0.2) is 4.79 Å². The highest BCUT2D eigenvalue weighted by Crippen LogP contribution is 2.18. The molecule has 1 fully saturated rings. The second-order valence-electron chi connectivity index (χ2n) is 5.03. The normalized spacial score (nSPS) is 15.6. The van der Waals surface area contributed by atoms with Crippen molar-refractivity contribution in [1.29, 1.82) is 0 Å². The Morgan fingerprint density at radius 2 is 2.19 bits per heavy atom. The Kier molecular flexibility index (Phi) is 5.54. The molecule has 2 heterocycles. The standard InChI is InChI=1S/C15H21N3O3/c1-2-21-14(19)13-5-8-18(9-6-13)15(20)17-11-12-4-3-7-16-10-12/h3-4,7,10,13H,2,5-6,8-9,11H2,1H3,(H,17,20). The Morgan fingerprint density at radius 1 is 1.43 bits per heavy atom. The molecule has 0 aliphatic carbocycles. The highest BCUT2D eigenvalue weighted by molar-refractivity contribution is 5.76. The van der Waals surface area contributed by atoms with Crippen LogP contribution in [0.1, 0.15) is 25.3 Å². The first-order valence-electron chi connectivity index (χ1n) is 7.29. The molecule has 0 aromatic carbocycles. The SMILES string of the molecule is CCOC(=O)C1CCN(C(=O)NCc2cccnc2)CC1. The lowest BCUT2D eigenvalue weighted by Gasteiger charge is -2.30. The molecular formula is C15H21N3O3. The molecule has 1 N–H and O–H groups in total. The summed E-state index contributed by atoms with van der Waals surface area (Å²) in [4.78, 5) is 29.4.